The third-order valence-electron chi connectivity index (χ3n) is 3.34. The van der Waals surface area contributed by atoms with Crippen LogP contribution in [-0.2, 0) is 0 Å². The van der Waals surface area contributed by atoms with Crippen LogP contribution in [0.1, 0.15) is 20.0 Å². The lowest BCUT2D eigenvalue weighted by Gasteiger charge is -2.11. The molecule has 0 unspecified atom stereocenters. The maximum atomic E-state index is 13.2. The third kappa shape index (κ3) is 4.04. The van der Waals surface area contributed by atoms with Gasteiger partial charge in [0.05, 0.1) is 21.2 Å². The highest BCUT2D eigenvalue weighted by Gasteiger charge is 2.15. The fourth-order valence-corrected chi connectivity index (χ4v) is 2.95. The molecule has 0 saturated carbocycles. The summed E-state index contributed by atoms with van der Waals surface area (Å²) in [5.41, 5.74) is 1.02. The van der Waals surface area contributed by atoms with Crippen LogP contribution < -0.4 is 10.6 Å². The highest BCUT2D eigenvalue weighted by Crippen LogP contribution is 2.22. The number of rotatable bonds is 4. The minimum Gasteiger partial charge on any atom is -0.322 e. The zero-order valence-corrected chi connectivity index (χ0v) is 14.3. The lowest BCUT2D eigenvalue weighted by atomic mass is 10.1. The van der Waals surface area contributed by atoms with E-state index in [2.05, 4.69) is 10.6 Å². The Hall–Kier alpha value is -2.70. The molecule has 1 heterocycles. The van der Waals surface area contributed by atoms with Crippen molar-refractivity contribution < 1.29 is 14.0 Å². The zero-order valence-electron chi connectivity index (χ0n) is 12.8. The molecule has 2 N–H and O–H groups in total. The largest absolute Gasteiger partial charge is 0.322 e. The summed E-state index contributed by atoms with van der Waals surface area (Å²) in [4.78, 5) is 25.2. The summed E-state index contributed by atoms with van der Waals surface area (Å²) in [6.45, 7) is 0. The van der Waals surface area contributed by atoms with Crippen molar-refractivity contribution in [3.05, 3.63) is 81.3 Å². The van der Waals surface area contributed by atoms with E-state index >= 15 is 0 Å². The average Bonchev–Trinajstić information content (AvgIpc) is 3.13. The van der Waals surface area contributed by atoms with E-state index in [0.29, 0.717) is 16.3 Å². The summed E-state index contributed by atoms with van der Waals surface area (Å²) < 4.78 is 13.2. The monoisotopic (exact) mass is 374 g/mol. The van der Waals surface area contributed by atoms with E-state index < -0.39 is 11.7 Å². The average molecular weight is 375 g/mol. The summed E-state index contributed by atoms with van der Waals surface area (Å²) >= 11 is 7.03. The molecule has 0 saturated heterocycles. The number of carbonyl (C=O) groups excluding carboxylic acids is 2. The van der Waals surface area contributed by atoms with Crippen molar-refractivity contribution in [3.63, 3.8) is 0 Å². The van der Waals surface area contributed by atoms with Gasteiger partial charge in [0.2, 0.25) is 0 Å². The number of anilines is 2. The molecule has 4 nitrogen and oxygen atoms in total. The first-order chi connectivity index (χ1) is 12.0. The van der Waals surface area contributed by atoms with Gasteiger partial charge in [-0.2, -0.15) is 0 Å². The van der Waals surface area contributed by atoms with Crippen molar-refractivity contribution in [2.24, 2.45) is 0 Å². The molecular formula is C18H12ClFN2O2S. The molecule has 0 aliphatic rings. The molecule has 0 aliphatic heterocycles. The molecule has 25 heavy (non-hydrogen) atoms. The number of hydrogen-bond acceptors (Lipinski definition) is 3. The van der Waals surface area contributed by atoms with Crippen LogP contribution in [0.15, 0.2) is 60.0 Å². The number of hydrogen-bond donors (Lipinski definition) is 2. The molecule has 0 aliphatic carbocycles. The Balaban J connectivity index is 1.81. The second-order valence-corrected chi connectivity index (χ2v) is 6.41. The lowest BCUT2D eigenvalue weighted by Crippen LogP contribution is -2.17. The summed E-state index contributed by atoms with van der Waals surface area (Å²) in [5.74, 6) is -1.30. The number of nitrogens with one attached hydrogen (secondary N) is 2. The SMILES string of the molecule is O=C(Nc1ccccc1C(=O)Nc1ccc(F)c(Cl)c1)c1cccs1. The quantitative estimate of drug-likeness (QED) is 0.671. The summed E-state index contributed by atoms with van der Waals surface area (Å²) in [6.07, 6.45) is 0. The fourth-order valence-electron chi connectivity index (χ4n) is 2.15. The number of para-hydroxylation sites is 1. The van der Waals surface area contributed by atoms with E-state index in [1.165, 1.54) is 29.5 Å². The predicted octanol–water partition coefficient (Wildman–Crippen LogP) is 5.05. The van der Waals surface area contributed by atoms with Crippen LogP contribution in [0.4, 0.5) is 15.8 Å². The molecule has 0 bridgehead atoms. The minimum atomic E-state index is -0.566. The Morgan fingerprint density at radius 1 is 0.960 bits per heavy atom. The smallest absolute Gasteiger partial charge is 0.265 e. The van der Waals surface area contributed by atoms with Crippen LogP contribution in [0.2, 0.25) is 5.02 Å². The van der Waals surface area contributed by atoms with Crippen molar-refractivity contribution in [2.75, 3.05) is 10.6 Å². The van der Waals surface area contributed by atoms with Crippen molar-refractivity contribution in [3.8, 4) is 0 Å². The molecule has 0 atom stereocenters. The van der Waals surface area contributed by atoms with E-state index in [1.807, 2.05) is 0 Å². The Kier molecular flexibility index (Phi) is 5.11. The summed E-state index contributed by atoms with van der Waals surface area (Å²) in [6, 6.07) is 14.0. The van der Waals surface area contributed by atoms with Gasteiger partial charge in [0.15, 0.2) is 0 Å². The van der Waals surface area contributed by atoms with Gasteiger partial charge in [-0.1, -0.05) is 29.8 Å². The van der Waals surface area contributed by atoms with Gasteiger partial charge in [-0.05, 0) is 41.8 Å². The van der Waals surface area contributed by atoms with Gasteiger partial charge >= 0.3 is 0 Å². The van der Waals surface area contributed by atoms with Gasteiger partial charge in [0.25, 0.3) is 11.8 Å². The van der Waals surface area contributed by atoms with Crippen LogP contribution in [0.3, 0.4) is 0 Å². The second kappa shape index (κ2) is 7.46. The Bertz CT molecular complexity index is 929. The van der Waals surface area contributed by atoms with Gasteiger partial charge in [0.1, 0.15) is 5.82 Å². The topological polar surface area (TPSA) is 58.2 Å². The summed E-state index contributed by atoms with van der Waals surface area (Å²) in [7, 11) is 0. The minimum absolute atomic E-state index is 0.0860. The van der Waals surface area contributed by atoms with Gasteiger partial charge in [-0.15, -0.1) is 11.3 Å². The van der Waals surface area contributed by atoms with Crippen LogP contribution in [0.5, 0.6) is 0 Å². The van der Waals surface area contributed by atoms with Crippen molar-refractivity contribution in [1.29, 1.82) is 0 Å². The Morgan fingerprint density at radius 3 is 2.48 bits per heavy atom. The maximum Gasteiger partial charge on any atom is 0.265 e. The number of carbonyl (C=O) groups is 2. The fraction of sp³-hybridized carbons (Fsp3) is 0. The lowest BCUT2D eigenvalue weighted by molar-refractivity contribution is 0.102. The van der Waals surface area contributed by atoms with Gasteiger partial charge in [0, 0.05) is 5.69 Å². The molecule has 3 rings (SSSR count). The molecule has 1 aromatic heterocycles. The van der Waals surface area contributed by atoms with E-state index in [4.69, 9.17) is 11.6 Å². The molecular weight excluding hydrogens is 363 g/mol. The first kappa shape index (κ1) is 17.1. The Labute approximate surface area is 152 Å². The van der Waals surface area contributed by atoms with Crippen LogP contribution in [0.25, 0.3) is 0 Å². The predicted molar refractivity (Wildman–Crippen MR) is 98.1 cm³/mol. The molecule has 3 aromatic rings. The normalized spacial score (nSPS) is 10.3. The van der Waals surface area contributed by atoms with Crippen LogP contribution >= 0.6 is 22.9 Å². The molecule has 2 amide bonds. The molecule has 2 aromatic carbocycles. The van der Waals surface area contributed by atoms with Gasteiger partial charge < -0.3 is 10.6 Å². The van der Waals surface area contributed by atoms with Crippen LogP contribution in [-0.4, -0.2) is 11.8 Å². The van der Waals surface area contributed by atoms with Crippen molar-refractivity contribution in [1.82, 2.24) is 0 Å². The maximum absolute atomic E-state index is 13.2. The van der Waals surface area contributed by atoms with E-state index in [9.17, 15) is 14.0 Å². The van der Waals surface area contributed by atoms with E-state index in [-0.39, 0.29) is 16.5 Å². The zero-order chi connectivity index (χ0) is 17.8. The van der Waals surface area contributed by atoms with Gasteiger partial charge in [-0.3, -0.25) is 9.59 Å². The van der Waals surface area contributed by atoms with Crippen molar-refractivity contribution in [2.45, 2.75) is 0 Å². The van der Waals surface area contributed by atoms with Crippen LogP contribution in [0, 0.1) is 5.82 Å². The molecule has 7 heteroatoms. The van der Waals surface area contributed by atoms with E-state index in [0.717, 1.165) is 0 Å². The highest BCUT2D eigenvalue weighted by molar-refractivity contribution is 7.12. The standard InChI is InChI=1S/C18H12ClFN2O2S/c19-13-10-11(7-8-14(13)20)21-17(23)12-4-1-2-5-15(12)22-18(24)16-6-3-9-25-16/h1-10H,(H,21,23)(H,22,24). The number of benzene rings is 2. The summed E-state index contributed by atoms with van der Waals surface area (Å²) in [5, 5.41) is 7.07. The van der Waals surface area contributed by atoms with Crippen molar-refractivity contribution >= 4 is 46.1 Å². The number of halogens is 2. The molecule has 0 radical (unpaired) electrons. The second-order valence-electron chi connectivity index (χ2n) is 5.06. The number of amides is 2. The first-order valence-electron chi connectivity index (χ1n) is 7.25. The Morgan fingerprint density at radius 2 is 1.76 bits per heavy atom. The molecule has 126 valence electrons. The molecule has 0 spiro atoms. The highest BCUT2D eigenvalue weighted by atomic mass is 35.5. The molecule has 0 fully saturated rings. The first-order valence-corrected chi connectivity index (χ1v) is 8.50. The van der Waals surface area contributed by atoms with Gasteiger partial charge in [-0.25, -0.2) is 4.39 Å². The third-order valence-corrected chi connectivity index (χ3v) is 4.50. The van der Waals surface area contributed by atoms with E-state index in [1.54, 1.807) is 41.8 Å². The number of thiophene rings is 1.